The Labute approximate surface area is 226 Å². The summed E-state index contributed by atoms with van der Waals surface area (Å²) in [5.74, 6) is -0.765. The number of fused-ring (bicyclic) bond motifs is 3. The number of anilines is 1. The van der Waals surface area contributed by atoms with Crippen molar-refractivity contribution in [1.82, 2.24) is 24.6 Å². The second kappa shape index (κ2) is 9.00. The van der Waals surface area contributed by atoms with E-state index in [2.05, 4.69) is 25.4 Å². The number of aryl methyl sites for hydroxylation is 1. The number of aliphatic hydroxyl groups is 1. The van der Waals surface area contributed by atoms with Crippen LogP contribution in [0.2, 0.25) is 17.1 Å². The first-order chi connectivity index (χ1) is 17.8. The molecule has 4 heterocycles. The number of carbonyl (C=O) groups excluding carboxylic acids is 1. The Morgan fingerprint density at radius 3 is 2.47 bits per heavy atom. The summed E-state index contributed by atoms with van der Waals surface area (Å²) < 4.78 is 14.8. The number of aromatic nitrogens is 5. The summed E-state index contributed by atoms with van der Waals surface area (Å²) in [6.45, 7) is 3.34. The molecular weight excluding hydrogens is 476 g/mol. The van der Waals surface area contributed by atoms with Crippen LogP contribution in [0.15, 0.2) is 36.9 Å². The molecule has 1 aliphatic rings. The van der Waals surface area contributed by atoms with Gasteiger partial charge in [0.2, 0.25) is 5.91 Å². The summed E-state index contributed by atoms with van der Waals surface area (Å²) in [7, 11) is 31.7. The molecule has 1 aliphatic carbocycles. The lowest BCUT2D eigenvalue weighted by Crippen LogP contribution is -2.52. The maximum absolute atomic E-state index is 13.2. The second-order valence-electron chi connectivity index (χ2n) is 9.77. The standard InChI is InChI=1S/C23H18B6FN6O2/c1-10-3-17(21(24,38)22(25,26)23(27,28)29-2)31-8-14(10)12-4-11-7-32-18(35-20(37)13-5-15(13)30)6-16(11)36-19(12)33-9-34-36/h3-4,6-9,13,15,38H,5H2,1-2H3,(H,32,35,37). The first-order valence-electron chi connectivity index (χ1n) is 11.8. The molecule has 3 unspecified atom stereocenters. The molecule has 1 saturated carbocycles. The molecule has 1 amide bonds. The SMILES string of the molecule is [B]C([B])([B]C)C([B])([B])C([B])(O)c1cc(C)c(-c2cc3cnc(NC(=O)C4CC4F)cc3n3ncnc23)cn1. The van der Waals surface area contributed by atoms with Gasteiger partial charge in [-0.3, -0.25) is 9.78 Å². The number of pyridine rings is 3. The van der Waals surface area contributed by atoms with E-state index >= 15 is 0 Å². The molecule has 8 nitrogen and oxygen atoms in total. The maximum Gasteiger partial charge on any atom is 0.231 e. The fraction of sp³-hybridized carbons (Fsp3) is 0.348. The van der Waals surface area contributed by atoms with E-state index in [1.54, 1.807) is 36.6 Å². The number of rotatable bonds is 7. The molecule has 3 atom stereocenters. The van der Waals surface area contributed by atoms with Crippen molar-refractivity contribution in [2.45, 2.75) is 42.2 Å². The van der Waals surface area contributed by atoms with Crippen molar-refractivity contribution in [2.75, 3.05) is 5.32 Å². The zero-order valence-corrected chi connectivity index (χ0v) is 20.8. The van der Waals surface area contributed by atoms with Gasteiger partial charge in [0.15, 0.2) is 5.65 Å². The van der Waals surface area contributed by atoms with Gasteiger partial charge < -0.3 is 10.4 Å². The molecule has 5 rings (SSSR count). The predicted octanol–water partition coefficient (Wildman–Crippen LogP) is 0.874. The summed E-state index contributed by atoms with van der Waals surface area (Å²) in [5.41, 5.74) is 0.726. The molecule has 0 aromatic carbocycles. The van der Waals surface area contributed by atoms with E-state index in [1.165, 1.54) is 19.8 Å². The van der Waals surface area contributed by atoms with Crippen LogP contribution in [0.25, 0.3) is 27.7 Å². The number of carbonyl (C=O) groups is 1. The summed E-state index contributed by atoms with van der Waals surface area (Å²) in [6, 6.07) is 5.04. The van der Waals surface area contributed by atoms with Gasteiger partial charge in [0.25, 0.3) is 0 Å². The van der Waals surface area contributed by atoms with Gasteiger partial charge in [-0.05, 0) is 31.0 Å². The third-order valence-corrected chi connectivity index (χ3v) is 7.15. The van der Waals surface area contributed by atoms with E-state index in [1.807, 2.05) is 6.07 Å². The van der Waals surface area contributed by atoms with Crippen molar-refractivity contribution in [3.05, 3.63) is 48.2 Å². The second-order valence-corrected chi connectivity index (χ2v) is 9.77. The molecule has 38 heavy (non-hydrogen) atoms. The van der Waals surface area contributed by atoms with Gasteiger partial charge in [0.1, 0.15) is 26.2 Å². The Kier molecular flexibility index (Phi) is 6.29. The first-order valence-corrected chi connectivity index (χ1v) is 11.8. The van der Waals surface area contributed by atoms with E-state index in [4.69, 9.17) is 39.2 Å². The van der Waals surface area contributed by atoms with Gasteiger partial charge in [-0.15, -0.1) is 5.11 Å². The minimum Gasteiger partial charge on any atom is -0.395 e. The molecule has 177 valence electrons. The zero-order valence-electron chi connectivity index (χ0n) is 20.8. The van der Waals surface area contributed by atoms with Crippen LogP contribution in [0.1, 0.15) is 17.7 Å². The van der Waals surface area contributed by atoms with E-state index in [0.29, 0.717) is 33.2 Å². The topological polar surface area (TPSA) is 105 Å². The number of halogens is 1. The average molecular weight is 494 g/mol. The highest BCUT2D eigenvalue weighted by atomic mass is 19.1. The van der Waals surface area contributed by atoms with E-state index in [0.717, 1.165) is 0 Å². The summed E-state index contributed by atoms with van der Waals surface area (Å²) in [5, 5.41) is 14.8. The minimum absolute atomic E-state index is 0.0302. The lowest BCUT2D eigenvalue weighted by atomic mass is 9.14. The molecule has 11 radical (unpaired) electrons. The molecule has 1 fully saturated rings. The number of alkyl halides is 1. The van der Waals surface area contributed by atoms with Crippen LogP contribution in [0.3, 0.4) is 0 Å². The van der Waals surface area contributed by atoms with Crippen molar-refractivity contribution in [1.29, 1.82) is 0 Å². The van der Waals surface area contributed by atoms with Crippen molar-refractivity contribution < 1.29 is 14.3 Å². The summed E-state index contributed by atoms with van der Waals surface area (Å²) >= 11 is 0. The molecule has 2 N–H and O–H groups in total. The fourth-order valence-corrected chi connectivity index (χ4v) is 4.32. The molecular formula is C23H18B6FN6O2. The fourth-order valence-electron chi connectivity index (χ4n) is 4.32. The number of amides is 1. The van der Waals surface area contributed by atoms with Gasteiger partial charge in [-0.2, -0.15) is 5.10 Å². The Bertz CT molecular complexity index is 1580. The molecule has 0 saturated heterocycles. The van der Waals surface area contributed by atoms with Crippen LogP contribution < -0.4 is 5.32 Å². The predicted molar refractivity (Wildman–Crippen MR) is 148 cm³/mol. The van der Waals surface area contributed by atoms with Gasteiger partial charge in [0.05, 0.1) is 61.3 Å². The number of hydrogen-bond donors (Lipinski definition) is 2. The van der Waals surface area contributed by atoms with Crippen LogP contribution in [0.4, 0.5) is 10.2 Å². The van der Waals surface area contributed by atoms with Crippen LogP contribution in [0, 0.1) is 12.8 Å². The summed E-state index contributed by atoms with van der Waals surface area (Å²) in [4.78, 5) is 25.2. The molecule has 4 aromatic rings. The smallest absolute Gasteiger partial charge is 0.231 e. The molecule has 4 aromatic heterocycles. The molecule has 0 spiro atoms. The summed E-state index contributed by atoms with van der Waals surface area (Å²) in [6.07, 6.45) is 3.58. The van der Waals surface area contributed by atoms with Crippen molar-refractivity contribution in [2.24, 2.45) is 5.92 Å². The van der Waals surface area contributed by atoms with Crippen LogP contribution in [0.5, 0.6) is 0 Å². The van der Waals surface area contributed by atoms with Gasteiger partial charge in [0, 0.05) is 35.0 Å². The third-order valence-electron chi connectivity index (χ3n) is 7.15. The van der Waals surface area contributed by atoms with Gasteiger partial charge >= 0.3 is 0 Å². The Morgan fingerprint density at radius 1 is 1.13 bits per heavy atom. The van der Waals surface area contributed by atoms with Crippen LogP contribution >= 0.6 is 0 Å². The van der Waals surface area contributed by atoms with Crippen LogP contribution in [-0.4, -0.2) is 88.3 Å². The Morgan fingerprint density at radius 2 is 1.84 bits per heavy atom. The lowest BCUT2D eigenvalue weighted by Gasteiger charge is -2.53. The molecule has 15 heteroatoms. The average Bonchev–Trinajstić information content (AvgIpc) is 3.40. The van der Waals surface area contributed by atoms with E-state index < -0.39 is 33.8 Å². The van der Waals surface area contributed by atoms with Crippen molar-refractivity contribution >= 4 is 74.8 Å². The largest absolute Gasteiger partial charge is 0.395 e. The van der Waals surface area contributed by atoms with Gasteiger partial charge in [-0.25, -0.2) is 18.9 Å². The van der Waals surface area contributed by atoms with Gasteiger partial charge in [-0.1, -0.05) is 12.0 Å². The maximum atomic E-state index is 13.2. The molecule has 0 aliphatic heterocycles. The van der Waals surface area contributed by atoms with E-state index in [9.17, 15) is 14.3 Å². The third kappa shape index (κ3) is 4.15. The monoisotopic (exact) mass is 495 g/mol. The number of hydrogen-bond acceptors (Lipinski definition) is 6. The highest BCUT2D eigenvalue weighted by Gasteiger charge is 2.48. The molecule has 0 bridgehead atoms. The quantitative estimate of drug-likeness (QED) is 0.370. The van der Waals surface area contributed by atoms with Crippen LogP contribution in [-0.2, 0) is 10.3 Å². The Hall–Kier alpha value is -3.07. The zero-order chi connectivity index (χ0) is 27.6. The first kappa shape index (κ1) is 26.5. The lowest BCUT2D eigenvalue weighted by molar-refractivity contribution is -0.117. The minimum atomic E-state index is -2.38. The normalized spacial score (nSPS) is 19.3. The van der Waals surface area contributed by atoms with Crippen molar-refractivity contribution in [3.8, 4) is 11.1 Å². The Balaban J connectivity index is 1.55. The number of nitrogens with one attached hydrogen (secondary N) is 1. The van der Waals surface area contributed by atoms with E-state index in [-0.39, 0.29) is 17.9 Å². The number of nitrogens with zero attached hydrogens (tertiary/aromatic N) is 5. The van der Waals surface area contributed by atoms with Crippen molar-refractivity contribution in [3.63, 3.8) is 0 Å². The highest BCUT2D eigenvalue weighted by molar-refractivity contribution is 6.74. The highest BCUT2D eigenvalue weighted by Crippen LogP contribution is 2.52.